The molecule has 0 amide bonds. The summed E-state index contributed by atoms with van der Waals surface area (Å²) in [5.41, 5.74) is 4.95. The third-order valence-corrected chi connectivity index (χ3v) is 5.38. The summed E-state index contributed by atoms with van der Waals surface area (Å²) in [7, 11) is 0. The minimum absolute atomic E-state index is 0.739. The summed E-state index contributed by atoms with van der Waals surface area (Å²) in [6.07, 6.45) is 0. The number of fused-ring (bicyclic) bond motifs is 1. The Kier molecular flexibility index (Phi) is 4.50. The van der Waals surface area contributed by atoms with Crippen molar-refractivity contribution < 1.29 is 0 Å². The SMILES string of the molecule is NNc1nc(CSc2cccc(Br)c2)nc2c1CSC2. The Balaban J connectivity index is 1.78. The Morgan fingerprint density at radius 2 is 2.25 bits per heavy atom. The first kappa shape index (κ1) is 14.2. The molecule has 7 heteroatoms. The van der Waals surface area contributed by atoms with Gasteiger partial charge in [-0.1, -0.05) is 22.0 Å². The summed E-state index contributed by atoms with van der Waals surface area (Å²) in [6.45, 7) is 0. The van der Waals surface area contributed by atoms with Crippen LogP contribution in [0.3, 0.4) is 0 Å². The van der Waals surface area contributed by atoms with Crippen LogP contribution in [0.5, 0.6) is 0 Å². The molecule has 2 aromatic rings. The molecule has 1 aromatic heterocycles. The smallest absolute Gasteiger partial charge is 0.148 e. The fourth-order valence-corrected chi connectivity index (χ4v) is 4.39. The molecule has 0 saturated carbocycles. The van der Waals surface area contributed by atoms with Gasteiger partial charge in [-0.25, -0.2) is 15.8 Å². The Bertz CT molecular complexity index is 636. The van der Waals surface area contributed by atoms with E-state index in [2.05, 4.69) is 43.5 Å². The lowest BCUT2D eigenvalue weighted by atomic mass is 10.2. The van der Waals surface area contributed by atoms with Crippen LogP contribution in [-0.2, 0) is 17.3 Å². The lowest BCUT2D eigenvalue weighted by Crippen LogP contribution is -2.13. The zero-order chi connectivity index (χ0) is 13.9. The van der Waals surface area contributed by atoms with Crippen molar-refractivity contribution in [2.24, 2.45) is 5.84 Å². The van der Waals surface area contributed by atoms with Crippen LogP contribution in [0.1, 0.15) is 17.1 Å². The molecule has 0 spiro atoms. The van der Waals surface area contributed by atoms with E-state index in [9.17, 15) is 0 Å². The van der Waals surface area contributed by atoms with Gasteiger partial charge in [0, 0.05) is 26.4 Å². The van der Waals surface area contributed by atoms with Crippen LogP contribution < -0.4 is 11.3 Å². The topological polar surface area (TPSA) is 63.8 Å². The highest BCUT2D eigenvalue weighted by atomic mass is 79.9. The summed E-state index contributed by atoms with van der Waals surface area (Å²) in [5.74, 6) is 9.77. The second kappa shape index (κ2) is 6.34. The van der Waals surface area contributed by atoms with Gasteiger partial charge in [-0.05, 0) is 18.2 Å². The van der Waals surface area contributed by atoms with Crippen molar-refractivity contribution in [3.8, 4) is 0 Å². The largest absolute Gasteiger partial charge is 0.308 e. The minimum Gasteiger partial charge on any atom is -0.308 e. The number of nitrogens with zero attached hydrogens (tertiary/aromatic N) is 2. The maximum absolute atomic E-state index is 5.56. The van der Waals surface area contributed by atoms with E-state index in [1.54, 1.807) is 11.8 Å². The van der Waals surface area contributed by atoms with Gasteiger partial charge in [0.05, 0.1) is 11.4 Å². The van der Waals surface area contributed by atoms with Crippen LogP contribution in [0.25, 0.3) is 0 Å². The van der Waals surface area contributed by atoms with Crippen molar-refractivity contribution in [1.82, 2.24) is 9.97 Å². The number of nitrogens with one attached hydrogen (secondary N) is 1. The monoisotopic (exact) mass is 368 g/mol. The number of thioether (sulfide) groups is 2. The average molecular weight is 369 g/mol. The molecule has 4 nitrogen and oxygen atoms in total. The molecule has 1 aliphatic rings. The first-order valence-corrected chi connectivity index (χ1v) is 9.01. The molecule has 0 atom stereocenters. The van der Waals surface area contributed by atoms with Gasteiger partial charge in [0.1, 0.15) is 11.6 Å². The first-order chi connectivity index (χ1) is 9.76. The van der Waals surface area contributed by atoms with Gasteiger partial charge in [-0.2, -0.15) is 11.8 Å². The predicted octanol–water partition coefficient (Wildman–Crippen LogP) is 3.56. The van der Waals surface area contributed by atoms with Gasteiger partial charge >= 0.3 is 0 Å². The van der Waals surface area contributed by atoms with E-state index in [0.717, 1.165) is 44.6 Å². The molecule has 1 aromatic carbocycles. The number of nitrogens with two attached hydrogens (primary N) is 1. The molecule has 20 heavy (non-hydrogen) atoms. The summed E-state index contributed by atoms with van der Waals surface area (Å²) in [6, 6.07) is 8.22. The molecule has 0 fully saturated rings. The van der Waals surface area contributed by atoms with E-state index in [-0.39, 0.29) is 0 Å². The standard InChI is InChI=1S/C13H13BrN4S2/c14-8-2-1-3-9(4-8)20-7-12-16-11-6-19-5-10(11)13(17-12)18-15/h1-4H,5-7,15H2,(H,16,17,18). The molecule has 0 saturated heterocycles. The van der Waals surface area contributed by atoms with Crippen molar-refractivity contribution in [1.29, 1.82) is 0 Å². The van der Waals surface area contributed by atoms with Crippen LogP contribution in [0.2, 0.25) is 0 Å². The maximum Gasteiger partial charge on any atom is 0.148 e. The van der Waals surface area contributed by atoms with Crippen molar-refractivity contribution in [2.45, 2.75) is 22.2 Å². The van der Waals surface area contributed by atoms with Gasteiger partial charge in [0.2, 0.25) is 0 Å². The van der Waals surface area contributed by atoms with Gasteiger partial charge < -0.3 is 5.43 Å². The fraction of sp³-hybridized carbons (Fsp3) is 0.231. The maximum atomic E-state index is 5.56. The molecule has 3 rings (SSSR count). The van der Waals surface area contributed by atoms with Crippen molar-refractivity contribution in [2.75, 3.05) is 5.43 Å². The number of rotatable bonds is 4. The van der Waals surface area contributed by atoms with E-state index in [4.69, 9.17) is 5.84 Å². The number of halogens is 1. The highest BCUT2D eigenvalue weighted by Crippen LogP contribution is 2.33. The first-order valence-electron chi connectivity index (χ1n) is 6.07. The van der Waals surface area contributed by atoms with Crippen molar-refractivity contribution in [3.63, 3.8) is 0 Å². The molecule has 0 aliphatic carbocycles. The molecular weight excluding hydrogens is 356 g/mol. The zero-order valence-corrected chi connectivity index (χ0v) is 13.8. The summed E-state index contributed by atoms with van der Waals surface area (Å²) in [4.78, 5) is 10.3. The van der Waals surface area contributed by atoms with Crippen LogP contribution in [0.4, 0.5) is 5.82 Å². The summed E-state index contributed by atoms with van der Waals surface area (Å²) < 4.78 is 1.08. The Hall–Kier alpha value is -0.760. The Labute approximate surface area is 134 Å². The molecule has 0 radical (unpaired) electrons. The molecule has 1 aliphatic heterocycles. The lowest BCUT2D eigenvalue weighted by Gasteiger charge is -2.08. The van der Waals surface area contributed by atoms with Crippen molar-refractivity contribution >= 4 is 45.3 Å². The molecule has 0 bridgehead atoms. The number of hydrazine groups is 1. The third kappa shape index (κ3) is 3.11. The van der Waals surface area contributed by atoms with Crippen LogP contribution in [0, 0.1) is 0 Å². The number of hydrogen-bond acceptors (Lipinski definition) is 6. The van der Waals surface area contributed by atoms with E-state index in [1.807, 2.05) is 23.9 Å². The molecular formula is C13H13BrN4S2. The van der Waals surface area contributed by atoms with Crippen LogP contribution in [-0.4, -0.2) is 9.97 Å². The van der Waals surface area contributed by atoms with E-state index < -0.39 is 0 Å². The molecule has 3 N–H and O–H groups in total. The molecule has 0 unspecified atom stereocenters. The summed E-state index contributed by atoms with van der Waals surface area (Å²) in [5, 5.41) is 0. The zero-order valence-electron chi connectivity index (χ0n) is 10.6. The van der Waals surface area contributed by atoms with Crippen LogP contribution in [0.15, 0.2) is 33.6 Å². The van der Waals surface area contributed by atoms with E-state index >= 15 is 0 Å². The number of aromatic nitrogens is 2. The van der Waals surface area contributed by atoms with E-state index in [0.29, 0.717) is 0 Å². The number of benzene rings is 1. The van der Waals surface area contributed by atoms with E-state index in [1.165, 1.54) is 4.90 Å². The second-order valence-electron chi connectivity index (χ2n) is 4.30. The minimum atomic E-state index is 0.739. The second-order valence-corrected chi connectivity index (χ2v) is 7.25. The Morgan fingerprint density at radius 3 is 3.05 bits per heavy atom. The predicted molar refractivity (Wildman–Crippen MR) is 88.5 cm³/mol. The highest BCUT2D eigenvalue weighted by Gasteiger charge is 2.19. The van der Waals surface area contributed by atoms with Crippen molar-refractivity contribution in [3.05, 3.63) is 45.8 Å². The fourth-order valence-electron chi connectivity index (χ4n) is 1.99. The molecule has 104 valence electrons. The van der Waals surface area contributed by atoms with Gasteiger partial charge in [0.15, 0.2) is 0 Å². The van der Waals surface area contributed by atoms with Gasteiger partial charge in [-0.3, -0.25) is 0 Å². The quantitative estimate of drug-likeness (QED) is 0.488. The normalized spacial score (nSPS) is 13.3. The number of hydrogen-bond donors (Lipinski definition) is 2. The lowest BCUT2D eigenvalue weighted by molar-refractivity contribution is 0.969. The Morgan fingerprint density at radius 1 is 1.35 bits per heavy atom. The average Bonchev–Trinajstić information content (AvgIpc) is 2.92. The number of anilines is 1. The van der Waals surface area contributed by atoms with Crippen LogP contribution >= 0.6 is 39.5 Å². The summed E-state index contributed by atoms with van der Waals surface area (Å²) >= 11 is 7.05. The number of nitrogen functional groups attached to an aromatic ring is 1. The van der Waals surface area contributed by atoms with Gasteiger partial charge in [0.25, 0.3) is 0 Å². The third-order valence-electron chi connectivity index (χ3n) is 2.92. The highest BCUT2D eigenvalue weighted by molar-refractivity contribution is 9.10. The molecule has 2 heterocycles. The van der Waals surface area contributed by atoms with Gasteiger partial charge in [-0.15, -0.1) is 11.8 Å².